The number of benzene rings is 1. The van der Waals surface area contributed by atoms with Gasteiger partial charge in [-0.2, -0.15) is 0 Å². The number of ether oxygens (including phenoxy) is 1. The maximum atomic E-state index is 10.1. The molecular weight excluding hydrogens is 310 g/mol. The van der Waals surface area contributed by atoms with Crippen LogP contribution in [0.1, 0.15) is 18.9 Å². The molecule has 0 radical (unpaired) electrons. The molecule has 2 N–H and O–H groups in total. The van der Waals surface area contributed by atoms with E-state index in [2.05, 4.69) is 15.2 Å². The van der Waals surface area contributed by atoms with E-state index < -0.39 is 6.10 Å². The van der Waals surface area contributed by atoms with Gasteiger partial charge in [0.25, 0.3) is 0 Å². The van der Waals surface area contributed by atoms with E-state index in [9.17, 15) is 5.11 Å². The first kappa shape index (κ1) is 18.1. The molecule has 1 unspecified atom stereocenters. The number of piperazine rings is 1. The molecule has 0 saturated carbocycles. The Kier molecular flexibility index (Phi) is 7.23. The summed E-state index contributed by atoms with van der Waals surface area (Å²) in [5.74, 6) is 0.771. The fraction of sp³-hybridized carbons (Fsp3) is 0.588. The fourth-order valence-electron chi connectivity index (χ4n) is 2.55. The molecule has 0 spiro atoms. The van der Waals surface area contributed by atoms with Crippen LogP contribution >= 0.6 is 11.3 Å². The Morgan fingerprint density at radius 1 is 1.35 bits per heavy atom. The molecule has 1 aliphatic rings. The summed E-state index contributed by atoms with van der Waals surface area (Å²) in [6.45, 7) is 10.9. The van der Waals surface area contributed by atoms with Gasteiger partial charge in [0.15, 0.2) is 0 Å². The van der Waals surface area contributed by atoms with E-state index in [-0.39, 0.29) is 0 Å². The van der Waals surface area contributed by atoms with Gasteiger partial charge in [0, 0.05) is 38.8 Å². The highest BCUT2D eigenvalue weighted by molar-refractivity contribution is 7.18. The predicted octanol–water partition coefficient (Wildman–Crippen LogP) is 2.28. The molecule has 1 saturated heterocycles. The van der Waals surface area contributed by atoms with E-state index in [0.717, 1.165) is 42.5 Å². The van der Waals surface area contributed by atoms with E-state index in [0.29, 0.717) is 13.2 Å². The minimum atomic E-state index is -0.462. The number of aryl methyl sites for hydroxylation is 1. The summed E-state index contributed by atoms with van der Waals surface area (Å²) in [7, 11) is 0. The van der Waals surface area contributed by atoms with Gasteiger partial charge in [-0.15, -0.1) is 11.3 Å². The molecule has 0 aliphatic carbocycles. The van der Waals surface area contributed by atoms with Crippen LogP contribution in [0, 0.1) is 6.92 Å². The number of fused-ring (bicyclic) bond motifs is 1. The second-order valence-electron chi connectivity index (χ2n) is 5.38. The number of β-amino-alcohol motifs (C(OH)–C–C–N with tert-alkyl or cyclic N) is 1. The average molecular weight is 337 g/mol. The van der Waals surface area contributed by atoms with Crippen molar-refractivity contribution in [1.29, 1.82) is 0 Å². The lowest BCUT2D eigenvalue weighted by molar-refractivity contribution is 0.0642. The Morgan fingerprint density at radius 2 is 2.09 bits per heavy atom. The van der Waals surface area contributed by atoms with Crippen molar-refractivity contribution in [3.8, 4) is 5.75 Å². The van der Waals surface area contributed by atoms with E-state index in [1.165, 1.54) is 4.70 Å². The van der Waals surface area contributed by atoms with Crippen molar-refractivity contribution in [2.75, 3.05) is 39.3 Å². The van der Waals surface area contributed by atoms with Gasteiger partial charge in [-0.25, -0.2) is 4.98 Å². The molecule has 1 aromatic heterocycles. The number of thiazole rings is 1. The molecule has 3 rings (SSSR count). The number of aromatic nitrogens is 1. The first-order chi connectivity index (χ1) is 11.2. The summed E-state index contributed by atoms with van der Waals surface area (Å²) in [5.41, 5.74) is 0.964. The standard InChI is InChI=1S/C15H21N3O2S.C2H6/c1-11-17-14-8-13(2-3-15(14)21-11)20-10-12(19)9-18-6-4-16-5-7-18;1-2/h2-3,8,12,16,19H,4-7,9-10H2,1H3;1-2H3. The van der Waals surface area contributed by atoms with Crippen molar-refractivity contribution in [3.63, 3.8) is 0 Å². The third kappa shape index (κ3) is 5.42. The first-order valence-electron chi connectivity index (χ1n) is 8.32. The van der Waals surface area contributed by atoms with Crippen LogP contribution in [0.5, 0.6) is 5.75 Å². The SMILES string of the molecule is CC.Cc1nc2cc(OCC(O)CN3CCNCC3)ccc2s1. The van der Waals surface area contributed by atoms with Crippen LogP contribution in [0.2, 0.25) is 0 Å². The Hall–Kier alpha value is -1.21. The van der Waals surface area contributed by atoms with Crippen LogP contribution < -0.4 is 10.1 Å². The Morgan fingerprint density at radius 3 is 2.83 bits per heavy atom. The summed E-state index contributed by atoms with van der Waals surface area (Å²) in [6, 6.07) is 5.91. The predicted molar refractivity (Wildman–Crippen MR) is 96.5 cm³/mol. The van der Waals surface area contributed by atoms with E-state index >= 15 is 0 Å². The minimum Gasteiger partial charge on any atom is -0.491 e. The molecule has 0 bridgehead atoms. The van der Waals surface area contributed by atoms with Gasteiger partial charge in [0.1, 0.15) is 18.5 Å². The molecule has 5 nitrogen and oxygen atoms in total. The zero-order valence-electron chi connectivity index (χ0n) is 14.2. The van der Waals surface area contributed by atoms with Crippen LogP contribution in [0.4, 0.5) is 0 Å². The molecule has 1 aliphatic heterocycles. The third-order valence-electron chi connectivity index (χ3n) is 3.59. The van der Waals surface area contributed by atoms with E-state index in [1.807, 2.05) is 39.0 Å². The largest absolute Gasteiger partial charge is 0.491 e. The topological polar surface area (TPSA) is 57.6 Å². The monoisotopic (exact) mass is 337 g/mol. The van der Waals surface area contributed by atoms with E-state index in [1.54, 1.807) is 11.3 Å². The van der Waals surface area contributed by atoms with Crippen molar-refractivity contribution in [2.45, 2.75) is 26.9 Å². The highest BCUT2D eigenvalue weighted by Gasteiger charge is 2.14. The summed E-state index contributed by atoms with van der Waals surface area (Å²) in [4.78, 5) is 6.72. The number of nitrogens with zero attached hydrogens (tertiary/aromatic N) is 2. The first-order valence-corrected chi connectivity index (χ1v) is 9.13. The molecule has 2 aromatic rings. The summed E-state index contributed by atoms with van der Waals surface area (Å²) >= 11 is 1.68. The maximum absolute atomic E-state index is 10.1. The molecule has 1 atom stereocenters. The number of aliphatic hydroxyl groups is 1. The molecule has 0 amide bonds. The smallest absolute Gasteiger partial charge is 0.121 e. The maximum Gasteiger partial charge on any atom is 0.121 e. The lowest BCUT2D eigenvalue weighted by atomic mass is 10.3. The average Bonchev–Trinajstić information content (AvgIpc) is 2.95. The van der Waals surface area contributed by atoms with Crippen molar-refractivity contribution >= 4 is 21.6 Å². The number of hydrogen-bond acceptors (Lipinski definition) is 6. The zero-order valence-corrected chi connectivity index (χ0v) is 15.0. The number of aliphatic hydroxyl groups excluding tert-OH is 1. The summed E-state index contributed by atoms with van der Waals surface area (Å²) in [6.07, 6.45) is -0.462. The van der Waals surface area contributed by atoms with Gasteiger partial charge in [-0.3, -0.25) is 4.90 Å². The normalized spacial score (nSPS) is 16.7. The zero-order chi connectivity index (χ0) is 16.7. The van der Waals surface area contributed by atoms with Gasteiger partial charge in [-0.1, -0.05) is 13.8 Å². The van der Waals surface area contributed by atoms with Gasteiger partial charge >= 0.3 is 0 Å². The molecule has 23 heavy (non-hydrogen) atoms. The lowest BCUT2D eigenvalue weighted by Crippen LogP contribution is -2.47. The van der Waals surface area contributed by atoms with E-state index in [4.69, 9.17) is 4.74 Å². The van der Waals surface area contributed by atoms with Crippen molar-refractivity contribution in [1.82, 2.24) is 15.2 Å². The minimum absolute atomic E-state index is 0.318. The third-order valence-corrected chi connectivity index (χ3v) is 4.54. The number of rotatable bonds is 5. The van der Waals surface area contributed by atoms with Gasteiger partial charge in [-0.05, 0) is 19.1 Å². The molecular formula is C17H27N3O2S. The lowest BCUT2D eigenvalue weighted by Gasteiger charge is -2.28. The van der Waals surface area contributed by atoms with Gasteiger partial charge in [0.2, 0.25) is 0 Å². The Balaban J connectivity index is 0.000000924. The molecule has 6 heteroatoms. The van der Waals surface area contributed by atoms with Crippen LogP contribution in [-0.4, -0.2) is 60.4 Å². The van der Waals surface area contributed by atoms with Gasteiger partial charge < -0.3 is 15.2 Å². The van der Waals surface area contributed by atoms with Crippen molar-refractivity contribution < 1.29 is 9.84 Å². The molecule has 1 fully saturated rings. The summed E-state index contributed by atoms with van der Waals surface area (Å²) in [5, 5.41) is 14.4. The highest BCUT2D eigenvalue weighted by atomic mass is 32.1. The number of hydrogen-bond donors (Lipinski definition) is 2. The van der Waals surface area contributed by atoms with Gasteiger partial charge in [0.05, 0.1) is 15.2 Å². The Bertz CT molecular complexity index is 597. The van der Waals surface area contributed by atoms with Crippen molar-refractivity contribution in [2.24, 2.45) is 0 Å². The molecule has 1 aromatic carbocycles. The second kappa shape index (κ2) is 9.17. The Labute approximate surface area is 142 Å². The number of nitrogens with one attached hydrogen (secondary N) is 1. The van der Waals surface area contributed by atoms with Crippen LogP contribution in [-0.2, 0) is 0 Å². The quantitative estimate of drug-likeness (QED) is 0.877. The second-order valence-corrected chi connectivity index (χ2v) is 6.61. The molecule has 2 heterocycles. The van der Waals surface area contributed by atoms with Crippen LogP contribution in [0.25, 0.3) is 10.2 Å². The van der Waals surface area contributed by atoms with Crippen molar-refractivity contribution in [3.05, 3.63) is 23.2 Å². The van der Waals surface area contributed by atoms with Crippen LogP contribution in [0.3, 0.4) is 0 Å². The summed E-state index contributed by atoms with van der Waals surface area (Å²) < 4.78 is 6.87. The fourth-order valence-corrected chi connectivity index (χ4v) is 3.36. The molecule has 128 valence electrons. The highest BCUT2D eigenvalue weighted by Crippen LogP contribution is 2.25. The van der Waals surface area contributed by atoms with Crippen LogP contribution in [0.15, 0.2) is 18.2 Å².